The summed E-state index contributed by atoms with van der Waals surface area (Å²) in [6.45, 7) is 3.71. The Morgan fingerprint density at radius 1 is 1.32 bits per heavy atom. The number of thiazole rings is 1. The number of aromatic carboxylic acids is 1. The van der Waals surface area contributed by atoms with Crippen LogP contribution in [0.3, 0.4) is 0 Å². The van der Waals surface area contributed by atoms with Crippen molar-refractivity contribution in [1.29, 1.82) is 5.26 Å². The minimum absolute atomic E-state index is 0.171. The number of hydrogen-bond donors (Lipinski definition) is 1. The Balaban J connectivity index is 2.12. The van der Waals surface area contributed by atoms with E-state index in [4.69, 9.17) is 1.37 Å². The van der Waals surface area contributed by atoms with Crippen molar-refractivity contribution in [3.8, 4) is 27.8 Å². The monoisotopic (exact) mass is 349 g/mol. The number of aryl methyl sites for hydroxylation is 2. The predicted octanol–water partition coefficient (Wildman–Crippen LogP) is 4.92. The van der Waals surface area contributed by atoms with Gasteiger partial charge in [0.1, 0.15) is 9.88 Å². The van der Waals surface area contributed by atoms with Gasteiger partial charge < -0.3 is 5.11 Å². The average Bonchev–Trinajstić information content (AvgIpc) is 3.03. The SMILES string of the molecule is [2H]c1cc(-c2nc(C)c(C(=O)O)s2)cc(C#N)c1-c1ccc(CC)cc1. The van der Waals surface area contributed by atoms with Crippen LogP contribution in [0.5, 0.6) is 0 Å². The summed E-state index contributed by atoms with van der Waals surface area (Å²) in [7, 11) is 0. The summed E-state index contributed by atoms with van der Waals surface area (Å²) in [4.78, 5) is 15.7. The van der Waals surface area contributed by atoms with E-state index in [9.17, 15) is 15.2 Å². The molecule has 3 rings (SSSR count). The lowest BCUT2D eigenvalue weighted by atomic mass is 9.97. The third-order valence-corrected chi connectivity index (χ3v) is 5.14. The molecule has 0 unspecified atom stereocenters. The van der Waals surface area contributed by atoms with Crippen molar-refractivity contribution < 1.29 is 11.3 Å². The molecule has 0 bridgehead atoms. The molecule has 0 amide bonds. The molecular weight excluding hydrogens is 332 g/mol. The first-order valence-electron chi connectivity index (χ1n) is 8.29. The Morgan fingerprint density at radius 3 is 2.60 bits per heavy atom. The van der Waals surface area contributed by atoms with Crippen LogP contribution in [0, 0.1) is 18.3 Å². The quantitative estimate of drug-likeness (QED) is 0.725. The van der Waals surface area contributed by atoms with Gasteiger partial charge in [-0.1, -0.05) is 43.3 Å². The molecule has 1 heterocycles. The first-order valence-corrected chi connectivity index (χ1v) is 8.61. The van der Waals surface area contributed by atoms with E-state index >= 15 is 0 Å². The van der Waals surface area contributed by atoms with Crippen molar-refractivity contribution >= 4 is 17.3 Å². The first kappa shape index (κ1) is 15.6. The Kier molecular flexibility index (Phi) is 4.28. The summed E-state index contributed by atoms with van der Waals surface area (Å²) in [6.07, 6.45) is 0.924. The summed E-state index contributed by atoms with van der Waals surface area (Å²) in [6, 6.07) is 13.5. The molecule has 0 spiro atoms. The molecule has 4 nitrogen and oxygen atoms in total. The van der Waals surface area contributed by atoms with E-state index in [1.807, 2.05) is 24.3 Å². The molecule has 124 valence electrons. The number of nitrogens with zero attached hydrogens (tertiary/aromatic N) is 2. The Labute approximate surface area is 151 Å². The van der Waals surface area contributed by atoms with Crippen molar-refractivity contribution in [2.75, 3.05) is 0 Å². The first-order chi connectivity index (χ1) is 12.4. The van der Waals surface area contributed by atoms with Gasteiger partial charge in [-0.05, 0) is 36.1 Å². The summed E-state index contributed by atoms with van der Waals surface area (Å²) < 4.78 is 8.40. The smallest absolute Gasteiger partial charge is 0.347 e. The van der Waals surface area contributed by atoms with Crippen LogP contribution in [-0.2, 0) is 6.42 Å². The van der Waals surface area contributed by atoms with Gasteiger partial charge in [0.15, 0.2) is 0 Å². The van der Waals surface area contributed by atoms with Crippen molar-refractivity contribution in [2.24, 2.45) is 0 Å². The number of benzene rings is 2. The van der Waals surface area contributed by atoms with Crippen LogP contribution in [0.1, 0.15) is 34.8 Å². The fourth-order valence-electron chi connectivity index (χ4n) is 2.57. The Hall–Kier alpha value is -2.97. The maximum atomic E-state index is 11.2. The van der Waals surface area contributed by atoms with Gasteiger partial charge in [-0.2, -0.15) is 5.26 Å². The van der Waals surface area contributed by atoms with Gasteiger partial charge >= 0.3 is 5.97 Å². The zero-order chi connectivity index (χ0) is 18.8. The van der Waals surface area contributed by atoms with Gasteiger partial charge in [-0.25, -0.2) is 9.78 Å². The highest BCUT2D eigenvalue weighted by molar-refractivity contribution is 7.17. The third kappa shape index (κ3) is 3.30. The molecule has 5 heteroatoms. The van der Waals surface area contributed by atoms with Crippen molar-refractivity contribution in [2.45, 2.75) is 20.3 Å². The number of carbonyl (C=O) groups is 1. The molecule has 0 atom stereocenters. The highest BCUT2D eigenvalue weighted by atomic mass is 32.1. The number of nitriles is 1. The molecule has 0 fully saturated rings. The van der Waals surface area contributed by atoms with E-state index in [2.05, 4.69) is 18.0 Å². The molecule has 0 aliphatic carbocycles. The zero-order valence-electron chi connectivity index (χ0n) is 14.8. The fourth-order valence-corrected chi connectivity index (χ4v) is 3.47. The van der Waals surface area contributed by atoms with Crippen LogP contribution in [0.25, 0.3) is 21.7 Å². The van der Waals surface area contributed by atoms with Crippen molar-refractivity contribution in [3.63, 3.8) is 0 Å². The van der Waals surface area contributed by atoms with E-state index in [1.165, 1.54) is 5.56 Å². The number of carboxylic acid groups (broad SMARTS) is 1. The lowest BCUT2D eigenvalue weighted by molar-refractivity contribution is 0.0701. The summed E-state index contributed by atoms with van der Waals surface area (Å²) in [5.41, 5.74) is 3.97. The highest BCUT2D eigenvalue weighted by Gasteiger charge is 2.16. The second-order valence-corrected chi connectivity index (χ2v) is 6.58. The lowest BCUT2D eigenvalue weighted by Crippen LogP contribution is -1.94. The molecular formula is C20H16N2O2S. The predicted molar refractivity (Wildman–Crippen MR) is 98.8 cm³/mol. The van der Waals surface area contributed by atoms with Gasteiger partial charge in [0.2, 0.25) is 0 Å². The number of aromatic nitrogens is 1. The van der Waals surface area contributed by atoms with Crippen molar-refractivity contribution in [1.82, 2.24) is 4.98 Å². The summed E-state index contributed by atoms with van der Waals surface area (Å²) >= 11 is 1.05. The highest BCUT2D eigenvalue weighted by Crippen LogP contribution is 2.32. The lowest BCUT2D eigenvalue weighted by Gasteiger charge is -2.07. The summed E-state index contributed by atoms with van der Waals surface area (Å²) in [5, 5.41) is 19.3. The molecule has 0 aliphatic heterocycles. The molecule has 0 radical (unpaired) electrons. The van der Waals surface area contributed by atoms with E-state index in [0.29, 0.717) is 27.4 Å². The maximum absolute atomic E-state index is 11.2. The van der Waals surface area contributed by atoms with E-state index in [0.717, 1.165) is 23.3 Å². The average molecular weight is 349 g/mol. The van der Waals surface area contributed by atoms with Crippen LogP contribution in [0.15, 0.2) is 42.4 Å². The van der Waals surface area contributed by atoms with E-state index < -0.39 is 5.97 Å². The zero-order valence-corrected chi connectivity index (χ0v) is 14.6. The van der Waals surface area contributed by atoms with Crippen LogP contribution >= 0.6 is 11.3 Å². The minimum atomic E-state index is -1.02. The summed E-state index contributed by atoms with van der Waals surface area (Å²) in [5.74, 6) is -1.02. The van der Waals surface area contributed by atoms with Gasteiger partial charge in [-0.3, -0.25) is 0 Å². The maximum Gasteiger partial charge on any atom is 0.347 e. The van der Waals surface area contributed by atoms with Gasteiger partial charge in [-0.15, -0.1) is 11.3 Å². The molecule has 2 aromatic carbocycles. The molecule has 1 aromatic heterocycles. The van der Waals surface area contributed by atoms with Crippen LogP contribution in [0.2, 0.25) is 0 Å². The van der Waals surface area contributed by atoms with E-state index in [1.54, 1.807) is 19.1 Å². The molecule has 25 heavy (non-hydrogen) atoms. The second kappa shape index (κ2) is 6.88. The molecule has 0 saturated carbocycles. The molecule has 1 N–H and O–H groups in total. The standard InChI is InChI=1S/C20H16N2O2S/c1-3-13-4-6-14(7-5-13)17-9-8-15(10-16(17)11-21)19-22-12(2)18(25-19)20(23)24/h4-10H,3H2,1-2H3,(H,23,24)/i9D. The topological polar surface area (TPSA) is 74.0 Å². The minimum Gasteiger partial charge on any atom is -0.477 e. The van der Waals surface area contributed by atoms with Crippen molar-refractivity contribution in [3.05, 3.63) is 64.1 Å². The second-order valence-electron chi connectivity index (χ2n) is 5.58. The number of hydrogen-bond acceptors (Lipinski definition) is 4. The van der Waals surface area contributed by atoms with Crippen LogP contribution < -0.4 is 0 Å². The fraction of sp³-hybridized carbons (Fsp3) is 0.150. The number of carboxylic acids is 1. The number of rotatable bonds is 4. The molecule has 3 aromatic rings. The van der Waals surface area contributed by atoms with Crippen LogP contribution in [-0.4, -0.2) is 16.1 Å². The van der Waals surface area contributed by atoms with Gasteiger partial charge in [0.25, 0.3) is 0 Å². The Bertz CT molecular complexity index is 1030. The van der Waals surface area contributed by atoms with Gasteiger partial charge in [0, 0.05) is 5.56 Å². The molecule has 0 saturated heterocycles. The van der Waals surface area contributed by atoms with Crippen LogP contribution in [0.4, 0.5) is 0 Å². The van der Waals surface area contributed by atoms with Gasteiger partial charge in [0.05, 0.1) is 18.7 Å². The Morgan fingerprint density at radius 2 is 2.04 bits per heavy atom. The normalized spacial score (nSPS) is 11.0. The third-order valence-electron chi connectivity index (χ3n) is 3.95. The largest absolute Gasteiger partial charge is 0.477 e. The van der Waals surface area contributed by atoms with E-state index in [-0.39, 0.29) is 10.9 Å². The molecule has 0 aliphatic rings.